The molecule has 108 valence electrons. The van der Waals surface area contributed by atoms with E-state index < -0.39 is 0 Å². The van der Waals surface area contributed by atoms with E-state index in [4.69, 9.17) is 0 Å². The molecule has 2 aromatic heterocycles. The van der Waals surface area contributed by atoms with E-state index in [1.165, 1.54) is 18.3 Å². The summed E-state index contributed by atoms with van der Waals surface area (Å²) in [5, 5.41) is 12.3. The van der Waals surface area contributed by atoms with Gasteiger partial charge in [-0.05, 0) is 49.4 Å². The molecular formula is C16H17N3O2. The predicted octanol–water partition coefficient (Wildman–Crippen LogP) is 2.37. The van der Waals surface area contributed by atoms with Crippen LogP contribution in [0.15, 0.2) is 36.7 Å². The summed E-state index contributed by atoms with van der Waals surface area (Å²) in [6.45, 7) is 2.00. The Labute approximate surface area is 123 Å². The largest absolute Gasteiger partial charge is 0.506 e. The van der Waals surface area contributed by atoms with Crippen molar-refractivity contribution in [1.82, 2.24) is 15.3 Å². The maximum atomic E-state index is 12.3. The minimum Gasteiger partial charge on any atom is -0.506 e. The van der Waals surface area contributed by atoms with Crippen LogP contribution in [0.3, 0.4) is 0 Å². The molecule has 2 N–H and O–H groups in total. The third kappa shape index (κ3) is 3.02. The zero-order valence-electron chi connectivity index (χ0n) is 11.8. The van der Waals surface area contributed by atoms with Gasteiger partial charge in [0, 0.05) is 6.20 Å². The molecule has 1 unspecified atom stereocenters. The molecule has 1 saturated carbocycles. The summed E-state index contributed by atoms with van der Waals surface area (Å²) in [6, 6.07) is 6.80. The van der Waals surface area contributed by atoms with Crippen LogP contribution in [-0.4, -0.2) is 21.0 Å². The summed E-state index contributed by atoms with van der Waals surface area (Å²) in [6.07, 6.45) is 5.23. The van der Waals surface area contributed by atoms with E-state index in [0.717, 1.165) is 24.1 Å². The van der Waals surface area contributed by atoms with Crippen LogP contribution in [0.2, 0.25) is 0 Å². The Morgan fingerprint density at radius 1 is 1.33 bits per heavy atom. The lowest BCUT2D eigenvalue weighted by Crippen LogP contribution is -2.31. The number of carbonyl (C=O) groups excluding carboxylic acids is 1. The molecule has 1 atom stereocenters. The van der Waals surface area contributed by atoms with Crippen molar-refractivity contribution in [2.75, 3.05) is 0 Å². The monoisotopic (exact) mass is 283 g/mol. The Balaban J connectivity index is 1.81. The maximum absolute atomic E-state index is 12.3. The minimum absolute atomic E-state index is 0.0471. The standard InChI is InChI=1S/C16H17N3O2/c1-10-3-2-8-17-14(10)15(11-4-5-11)19-16(21)13-7-6-12(20)9-18-13/h2-3,6-9,11,15,20H,4-5H2,1H3,(H,19,21). The number of hydrogen-bond donors (Lipinski definition) is 2. The van der Waals surface area contributed by atoms with Gasteiger partial charge < -0.3 is 10.4 Å². The molecule has 2 aromatic rings. The van der Waals surface area contributed by atoms with Gasteiger partial charge in [0.05, 0.1) is 17.9 Å². The van der Waals surface area contributed by atoms with Crippen molar-refractivity contribution in [3.05, 3.63) is 53.6 Å². The first-order valence-corrected chi connectivity index (χ1v) is 7.02. The molecule has 0 aromatic carbocycles. The van der Waals surface area contributed by atoms with Crippen LogP contribution in [0, 0.1) is 12.8 Å². The third-order valence-electron chi connectivity index (χ3n) is 3.71. The SMILES string of the molecule is Cc1cccnc1C(NC(=O)c1ccc(O)cn1)C1CC1. The van der Waals surface area contributed by atoms with Crippen LogP contribution < -0.4 is 5.32 Å². The summed E-state index contributed by atoms with van der Waals surface area (Å²) in [5.41, 5.74) is 2.30. The van der Waals surface area contributed by atoms with Crippen molar-refractivity contribution in [3.8, 4) is 5.75 Å². The molecule has 3 rings (SSSR count). The number of nitrogens with zero attached hydrogens (tertiary/aromatic N) is 2. The Morgan fingerprint density at radius 2 is 2.14 bits per heavy atom. The molecule has 0 bridgehead atoms. The second-order valence-electron chi connectivity index (χ2n) is 5.40. The van der Waals surface area contributed by atoms with Crippen molar-refractivity contribution < 1.29 is 9.90 Å². The average molecular weight is 283 g/mol. The fourth-order valence-corrected chi connectivity index (χ4v) is 2.40. The van der Waals surface area contributed by atoms with Crippen molar-refractivity contribution in [2.24, 2.45) is 5.92 Å². The van der Waals surface area contributed by atoms with Gasteiger partial charge in [-0.25, -0.2) is 4.98 Å². The lowest BCUT2D eigenvalue weighted by molar-refractivity contribution is 0.0925. The summed E-state index contributed by atoms with van der Waals surface area (Å²) >= 11 is 0. The van der Waals surface area contributed by atoms with E-state index in [1.54, 1.807) is 6.20 Å². The quantitative estimate of drug-likeness (QED) is 0.903. The number of aryl methyl sites for hydroxylation is 1. The van der Waals surface area contributed by atoms with Crippen LogP contribution in [0.5, 0.6) is 5.75 Å². The molecule has 21 heavy (non-hydrogen) atoms. The first kappa shape index (κ1) is 13.5. The Kier molecular flexibility index (Phi) is 3.56. The molecule has 0 saturated heterocycles. The highest BCUT2D eigenvalue weighted by molar-refractivity contribution is 5.92. The summed E-state index contributed by atoms with van der Waals surface area (Å²) in [4.78, 5) is 20.7. The second-order valence-corrected chi connectivity index (χ2v) is 5.40. The zero-order chi connectivity index (χ0) is 14.8. The number of carbonyl (C=O) groups is 1. The van der Waals surface area contributed by atoms with Crippen LogP contribution in [0.4, 0.5) is 0 Å². The number of aromatic hydroxyl groups is 1. The van der Waals surface area contributed by atoms with Crippen molar-refractivity contribution in [3.63, 3.8) is 0 Å². The van der Waals surface area contributed by atoms with Gasteiger partial charge in [-0.1, -0.05) is 6.07 Å². The van der Waals surface area contributed by atoms with Crippen LogP contribution in [-0.2, 0) is 0 Å². The van der Waals surface area contributed by atoms with Gasteiger partial charge in [-0.15, -0.1) is 0 Å². The van der Waals surface area contributed by atoms with Gasteiger partial charge in [0.1, 0.15) is 11.4 Å². The van der Waals surface area contributed by atoms with Gasteiger partial charge in [0.2, 0.25) is 0 Å². The predicted molar refractivity (Wildman–Crippen MR) is 77.8 cm³/mol. The number of nitrogens with one attached hydrogen (secondary N) is 1. The summed E-state index contributed by atoms with van der Waals surface area (Å²) < 4.78 is 0. The Hall–Kier alpha value is -2.43. The van der Waals surface area contributed by atoms with E-state index in [-0.39, 0.29) is 17.7 Å². The number of pyridine rings is 2. The molecule has 1 fully saturated rings. The zero-order valence-corrected chi connectivity index (χ0v) is 11.8. The molecule has 0 aliphatic heterocycles. The van der Waals surface area contributed by atoms with Gasteiger partial charge in [0.25, 0.3) is 5.91 Å². The molecule has 0 radical (unpaired) electrons. The fraction of sp³-hybridized carbons (Fsp3) is 0.312. The molecular weight excluding hydrogens is 266 g/mol. The van der Waals surface area contributed by atoms with Crippen molar-refractivity contribution in [1.29, 1.82) is 0 Å². The number of aromatic nitrogens is 2. The lowest BCUT2D eigenvalue weighted by atomic mass is 10.0. The van der Waals surface area contributed by atoms with E-state index in [1.807, 2.05) is 19.1 Å². The number of rotatable bonds is 4. The van der Waals surface area contributed by atoms with Crippen molar-refractivity contribution >= 4 is 5.91 Å². The highest BCUT2D eigenvalue weighted by Gasteiger charge is 2.35. The first-order valence-electron chi connectivity index (χ1n) is 7.02. The molecule has 5 heteroatoms. The lowest BCUT2D eigenvalue weighted by Gasteiger charge is -2.19. The third-order valence-corrected chi connectivity index (χ3v) is 3.71. The van der Waals surface area contributed by atoms with E-state index in [2.05, 4.69) is 15.3 Å². The molecule has 0 spiro atoms. The van der Waals surface area contributed by atoms with Crippen LogP contribution in [0.25, 0.3) is 0 Å². The molecule has 1 amide bonds. The fourth-order valence-electron chi connectivity index (χ4n) is 2.40. The Bertz CT molecular complexity index is 651. The number of hydrogen-bond acceptors (Lipinski definition) is 4. The van der Waals surface area contributed by atoms with Crippen LogP contribution >= 0.6 is 0 Å². The highest BCUT2D eigenvalue weighted by atomic mass is 16.3. The van der Waals surface area contributed by atoms with Crippen molar-refractivity contribution in [2.45, 2.75) is 25.8 Å². The summed E-state index contributed by atoms with van der Waals surface area (Å²) in [7, 11) is 0. The van der Waals surface area contributed by atoms with E-state index in [0.29, 0.717) is 11.6 Å². The van der Waals surface area contributed by atoms with Gasteiger partial charge in [0.15, 0.2) is 0 Å². The first-order chi connectivity index (χ1) is 10.1. The molecule has 1 aliphatic rings. The molecule has 2 heterocycles. The van der Waals surface area contributed by atoms with Crippen LogP contribution in [0.1, 0.15) is 40.6 Å². The van der Waals surface area contributed by atoms with E-state index in [9.17, 15) is 9.90 Å². The smallest absolute Gasteiger partial charge is 0.270 e. The van der Waals surface area contributed by atoms with Gasteiger partial charge in [-0.3, -0.25) is 9.78 Å². The van der Waals surface area contributed by atoms with Gasteiger partial charge >= 0.3 is 0 Å². The average Bonchev–Trinajstić information content (AvgIpc) is 3.31. The van der Waals surface area contributed by atoms with E-state index >= 15 is 0 Å². The highest BCUT2D eigenvalue weighted by Crippen LogP contribution is 2.41. The maximum Gasteiger partial charge on any atom is 0.270 e. The van der Waals surface area contributed by atoms with Gasteiger partial charge in [-0.2, -0.15) is 0 Å². The summed E-state index contributed by atoms with van der Waals surface area (Å²) in [5.74, 6) is 0.252. The second kappa shape index (κ2) is 5.52. The minimum atomic E-state index is -0.239. The number of amides is 1. The Morgan fingerprint density at radius 3 is 2.76 bits per heavy atom. The normalized spacial score (nSPS) is 15.5. The molecule has 5 nitrogen and oxygen atoms in total. The molecule has 1 aliphatic carbocycles. The topological polar surface area (TPSA) is 75.1 Å².